The number of para-hydroxylation sites is 1. The number of pyridine rings is 2. The zero-order chi connectivity index (χ0) is 14.7. The third-order valence-corrected chi connectivity index (χ3v) is 3.34. The molecule has 0 aliphatic heterocycles. The third-order valence-electron chi connectivity index (χ3n) is 3.34. The van der Waals surface area contributed by atoms with Crippen molar-refractivity contribution in [1.29, 1.82) is 0 Å². The van der Waals surface area contributed by atoms with Crippen molar-refractivity contribution in [3.8, 4) is 0 Å². The molecule has 0 radical (unpaired) electrons. The van der Waals surface area contributed by atoms with Gasteiger partial charge >= 0.3 is 0 Å². The molecule has 0 unspecified atom stereocenters. The summed E-state index contributed by atoms with van der Waals surface area (Å²) >= 11 is 0. The molecule has 2 aromatic heterocycles. The number of rotatable bonds is 4. The Hall–Kier alpha value is -2.62. The van der Waals surface area contributed by atoms with Crippen LogP contribution in [0.2, 0.25) is 0 Å². The molecule has 0 amide bonds. The van der Waals surface area contributed by atoms with E-state index >= 15 is 0 Å². The van der Waals surface area contributed by atoms with E-state index in [0.29, 0.717) is 6.54 Å². The maximum absolute atomic E-state index is 4.64. The summed E-state index contributed by atoms with van der Waals surface area (Å²) in [6, 6.07) is 16.3. The summed E-state index contributed by atoms with van der Waals surface area (Å²) in [4.78, 5) is 11.0. The molecule has 0 saturated heterocycles. The number of hydrogen-bond acceptors (Lipinski definition) is 4. The Balaban J connectivity index is 1.71. The minimum Gasteiger partial charge on any atom is -0.378 e. The van der Waals surface area contributed by atoms with Gasteiger partial charge in [-0.3, -0.25) is 4.98 Å². The van der Waals surface area contributed by atoms with Crippen molar-refractivity contribution in [2.75, 3.05) is 24.3 Å². The SMILES string of the molecule is CN(C)c1ccc(NCc2ccc3ccccc3n2)cn1. The van der Waals surface area contributed by atoms with Gasteiger partial charge in [0, 0.05) is 19.5 Å². The van der Waals surface area contributed by atoms with Gasteiger partial charge in [0.15, 0.2) is 0 Å². The smallest absolute Gasteiger partial charge is 0.128 e. The molecular formula is C17H18N4. The van der Waals surface area contributed by atoms with E-state index < -0.39 is 0 Å². The zero-order valence-electron chi connectivity index (χ0n) is 12.2. The summed E-state index contributed by atoms with van der Waals surface area (Å²) in [6.07, 6.45) is 1.84. The Bertz CT molecular complexity index is 735. The number of hydrogen-bond donors (Lipinski definition) is 1. The van der Waals surface area contributed by atoms with Gasteiger partial charge in [0.25, 0.3) is 0 Å². The lowest BCUT2D eigenvalue weighted by molar-refractivity contribution is 1.04. The van der Waals surface area contributed by atoms with Crippen LogP contribution >= 0.6 is 0 Å². The predicted octanol–water partition coefficient (Wildman–Crippen LogP) is 3.31. The van der Waals surface area contributed by atoms with Crippen molar-refractivity contribution < 1.29 is 0 Å². The van der Waals surface area contributed by atoms with Crippen LogP contribution < -0.4 is 10.2 Å². The van der Waals surface area contributed by atoms with E-state index in [-0.39, 0.29) is 0 Å². The molecule has 2 heterocycles. The summed E-state index contributed by atoms with van der Waals surface area (Å²) in [7, 11) is 3.96. The number of benzene rings is 1. The van der Waals surface area contributed by atoms with Gasteiger partial charge in [0.05, 0.1) is 29.6 Å². The Morgan fingerprint density at radius 3 is 2.62 bits per heavy atom. The van der Waals surface area contributed by atoms with Gasteiger partial charge in [-0.15, -0.1) is 0 Å². The largest absolute Gasteiger partial charge is 0.378 e. The molecule has 0 saturated carbocycles. The average Bonchev–Trinajstić information content (AvgIpc) is 2.53. The number of nitrogens with zero attached hydrogens (tertiary/aromatic N) is 3. The van der Waals surface area contributed by atoms with Crippen LogP contribution in [0.1, 0.15) is 5.69 Å². The van der Waals surface area contributed by atoms with Crippen LogP contribution in [-0.2, 0) is 6.54 Å². The first kappa shape index (κ1) is 13.4. The molecule has 3 rings (SSSR count). The van der Waals surface area contributed by atoms with E-state index in [2.05, 4.69) is 33.5 Å². The quantitative estimate of drug-likeness (QED) is 0.795. The second-order valence-electron chi connectivity index (χ2n) is 5.15. The van der Waals surface area contributed by atoms with Crippen LogP contribution in [0, 0.1) is 0 Å². The number of nitrogens with one attached hydrogen (secondary N) is 1. The summed E-state index contributed by atoms with van der Waals surface area (Å²) in [5.74, 6) is 0.949. The van der Waals surface area contributed by atoms with Gasteiger partial charge in [0.2, 0.25) is 0 Å². The van der Waals surface area contributed by atoms with Gasteiger partial charge in [-0.05, 0) is 24.3 Å². The van der Waals surface area contributed by atoms with Crippen molar-refractivity contribution in [1.82, 2.24) is 9.97 Å². The lowest BCUT2D eigenvalue weighted by Gasteiger charge is -2.12. The van der Waals surface area contributed by atoms with Crippen molar-refractivity contribution in [3.05, 3.63) is 60.4 Å². The Labute approximate surface area is 124 Å². The van der Waals surface area contributed by atoms with Gasteiger partial charge < -0.3 is 10.2 Å². The van der Waals surface area contributed by atoms with Crippen LogP contribution in [0.4, 0.5) is 11.5 Å². The molecule has 4 heteroatoms. The fourth-order valence-electron chi connectivity index (χ4n) is 2.15. The molecule has 0 aliphatic rings. The molecule has 0 atom stereocenters. The van der Waals surface area contributed by atoms with Crippen molar-refractivity contribution >= 4 is 22.4 Å². The highest BCUT2D eigenvalue weighted by atomic mass is 15.1. The highest BCUT2D eigenvalue weighted by molar-refractivity contribution is 5.78. The van der Waals surface area contributed by atoms with E-state index in [1.165, 1.54) is 5.39 Å². The summed E-state index contributed by atoms with van der Waals surface area (Å²) in [5.41, 5.74) is 3.04. The Morgan fingerprint density at radius 2 is 1.86 bits per heavy atom. The predicted molar refractivity (Wildman–Crippen MR) is 87.6 cm³/mol. The number of anilines is 2. The molecule has 3 aromatic rings. The minimum atomic E-state index is 0.688. The summed E-state index contributed by atoms with van der Waals surface area (Å²) < 4.78 is 0. The molecule has 0 spiro atoms. The molecule has 1 aromatic carbocycles. The van der Waals surface area contributed by atoms with Crippen molar-refractivity contribution in [3.63, 3.8) is 0 Å². The van der Waals surface area contributed by atoms with Crippen LogP contribution in [-0.4, -0.2) is 24.1 Å². The Kier molecular flexibility index (Phi) is 3.69. The van der Waals surface area contributed by atoms with Crippen LogP contribution in [0.15, 0.2) is 54.7 Å². The van der Waals surface area contributed by atoms with Crippen molar-refractivity contribution in [2.24, 2.45) is 0 Å². The molecule has 1 N–H and O–H groups in total. The second-order valence-corrected chi connectivity index (χ2v) is 5.15. The van der Waals surface area contributed by atoms with Crippen LogP contribution in [0.5, 0.6) is 0 Å². The standard InChI is InChI=1S/C17H18N4/c1-21(2)17-10-9-14(11-19-17)18-12-15-8-7-13-5-3-4-6-16(13)20-15/h3-11,18H,12H2,1-2H3. The lowest BCUT2D eigenvalue weighted by Crippen LogP contribution is -2.10. The fourth-order valence-corrected chi connectivity index (χ4v) is 2.15. The maximum Gasteiger partial charge on any atom is 0.128 e. The van der Waals surface area contributed by atoms with E-state index in [0.717, 1.165) is 22.7 Å². The van der Waals surface area contributed by atoms with Gasteiger partial charge in [0.1, 0.15) is 5.82 Å². The van der Waals surface area contributed by atoms with Gasteiger partial charge in [-0.25, -0.2) is 4.98 Å². The zero-order valence-corrected chi connectivity index (χ0v) is 12.2. The van der Waals surface area contributed by atoms with E-state index in [1.54, 1.807) is 0 Å². The number of aromatic nitrogens is 2. The topological polar surface area (TPSA) is 41.0 Å². The molecule has 0 fully saturated rings. The average molecular weight is 278 g/mol. The molecule has 21 heavy (non-hydrogen) atoms. The first-order chi connectivity index (χ1) is 10.2. The molecule has 0 bridgehead atoms. The lowest BCUT2D eigenvalue weighted by atomic mass is 10.2. The minimum absolute atomic E-state index is 0.688. The number of fused-ring (bicyclic) bond motifs is 1. The van der Waals surface area contributed by atoms with E-state index in [9.17, 15) is 0 Å². The van der Waals surface area contributed by atoms with Gasteiger partial charge in [-0.1, -0.05) is 24.3 Å². The van der Waals surface area contributed by atoms with Crippen LogP contribution in [0.3, 0.4) is 0 Å². The molecule has 4 nitrogen and oxygen atoms in total. The molecular weight excluding hydrogens is 260 g/mol. The normalized spacial score (nSPS) is 10.6. The van der Waals surface area contributed by atoms with Crippen molar-refractivity contribution in [2.45, 2.75) is 6.54 Å². The van der Waals surface area contributed by atoms with Crippen LogP contribution in [0.25, 0.3) is 10.9 Å². The Morgan fingerprint density at radius 1 is 1.00 bits per heavy atom. The molecule has 0 aliphatic carbocycles. The maximum atomic E-state index is 4.64. The first-order valence-corrected chi connectivity index (χ1v) is 6.94. The van der Waals surface area contributed by atoms with E-state index in [1.807, 2.05) is 55.5 Å². The fraction of sp³-hybridized carbons (Fsp3) is 0.176. The van der Waals surface area contributed by atoms with Gasteiger partial charge in [-0.2, -0.15) is 0 Å². The first-order valence-electron chi connectivity index (χ1n) is 6.94. The monoisotopic (exact) mass is 278 g/mol. The molecule has 106 valence electrons. The summed E-state index contributed by atoms with van der Waals surface area (Å²) in [5, 5.41) is 4.51. The summed E-state index contributed by atoms with van der Waals surface area (Å²) in [6.45, 7) is 0.688. The third kappa shape index (κ3) is 3.11. The van der Waals surface area contributed by atoms with E-state index in [4.69, 9.17) is 0 Å². The second kappa shape index (κ2) is 5.79. The highest BCUT2D eigenvalue weighted by Crippen LogP contribution is 2.14. The highest BCUT2D eigenvalue weighted by Gasteiger charge is 2.00.